The first-order valence-electron chi connectivity index (χ1n) is 19.5. The zero-order chi connectivity index (χ0) is 37.5. The van der Waals surface area contributed by atoms with Crippen molar-refractivity contribution in [3.8, 4) is 33.8 Å². The molecule has 2 aliphatic heterocycles. The van der Waals surface area contributed by atoms with E-state index in [0.717, 1.165) is 129 Å². The van der Waals surface area contributed by atoms with E-state index in [-0.39, 0.29) is 0 Å². The van der Waals surface area contributed by atoms with Gasteiger partial charge in [0.05, 0.1) is 49.0 Å². The fourth-order valence-electron chi connectivity index (χ4n) is 7.30. The van der Waals surface area contributed by atoms with Gasteiger partial charge in [-0.05, 0) is 137 Å². The zero-order valence-electron chi connectivity index (χ0n) is 32.4. The van der Waals surface area contributed by atoms with Gasteiger partial charge in [-0.3, -0.25) is 0 Å². The Morgan fingerprint density at radius 1 is 0.593 bits per heavy atom. The van der Waals surface area contributed by atoms with Crippen LogP contribution in [0.4, 0.5) is 0 Å². The first kappa shape index (κ1) is 36.9. The number of nitrogens with one attached hydrogen (secondary N) is 2. The van der Waals surface area contributed by atoms with Crippen LogP contribution in [0.15, 0.2) is 84.9 Å². The van der Waals surface area contributed by atoms with E-state index in [1.807, 2.05) is 0 Å². The molecule has 2 aliphatic rings. The fraction of sp³-hybridized carbons (Fsp3) is 0.304. The summed E-state index contributed by atoms with van der Waals surface area (Å²) in [4.78, 5) is 19.8. The van der Waals surface area contributed by atoms with Gasteiger partial charge in [-0.15, -0.1) is 0 Å². The Kier molecular flexibility index (Phi) is 11.4. The van der Waals surface area contributed by atoms with Crippen LogP contribution in [0, 0.1) is 0 Å². The van der Waals surface area contributed by atoms with Crippen molar-refractivity contribution in [1.29, 1.82) is 0 Å². The highest BCUT2D eigenvalue weighted by molar-refractivity contribution is 5.93. The average molecular weight is 722 g/mol. The summed E-state index contributed by atoms with van der Waals surface area (Å²) in [5.74, 6) is 1.75. The Balaban J connectivity index is 1.24. The number of benzene rings is 2. The summed E-state index contributed by atoms with van der Waals surface area (Å²) in [5, 5.41) is 0. The number of nitrogens with zero attached hydrogens (tertiary/aromatic N) is 4. The summed E-state index contributed by atoms with van der Waals surface area (Å²) in [5.41, 5.74) is 11.7. The van der Waals surface area contributed by atoms with Crippen LogP contribution in [0.1, 0.15) is 56.9 Å². The summed E-state index contributed by atoms with van der Waals surface area (Å²) in [6.45, 7) is 16.8. The van der Waals surface area contributed by atoms with Crippen molar-refractivity contribution in [2.24, 2.45) is 0 Å². The Hall–Kier alpha value is -5.44. The van der Waals surface area contributed by atoms with Gasteiger partial charge in [-0.1, -0.05) is 31.2 Å². The molecule has 0 radical (unpaired) electrons. The largest absolute Gasteiger partial charge is 0.494 e. The maximum absolute atomic E-state index is 6.24. The van der Waals surface area contributed by atoms with Crippen LogP contribution in [0.5, 0.6) is 11.5 Å². The van der Waals surface area contributed by atoms with Crippen LogP contribution >= 0.6 is 0 Å². The Morgan fingerprint density at radius 2 is 1.07 bits per heavy atom. The summed E-state index contributed by atoms with van der Waals surface area (Å²) in [6.07, 6.45) is 9.34. The first-order chi connectivity index (χ1) is 26.4. The van der Waals surface area contributed by atoms with E-state index in [2.05, 4.69) is 159 Å². The van der Waals surface area contributed by atoms with Gasteiger partial charge in [0.15, 0.2) is 0 Å². The Labute approximate surface area is 319 Å². The highest BCUT2D eigenvalue weighted by Gasteiger charge is 2.20. The lowest BCUT2D eigenvalue weighted by Gasteiger charge is -2.35. The molecule has 7 rings (SSSR count). The predicted molar refractivity (Wildman–Crippen MR) is 225 cm³/mol. The van der Waals surface area contributed by atoms with E-state index >= 15 is 0 Å². The summed E-state index contributed by atoms with van der Waals surface area (Å²) in [7, 11) is 2.14. The molecular weight excluding hydrogens is 669 g/mol. The van der Waals surface area contributed by atoms with E-state index in [1.165, 1.54) is 0 Å². The van der Waals surface area contributed by atoms with E-state index in [9.17, 15) is 0 Å². The molecule has 54 heavy (non-hydrogen) atoms. The summed E-state index contributed by atoms with van der Waals surface area (Å²) >= 11 is 0. The van der Waals surface area contributed by atoms with Crippen molar-refractivity contribution < 1.29 is 14.0 Å². The third-order valence-corrected chi connectivity index (χ3v) is 11.0. The van der Waals surface area contributed by atoms with Gasteiger partial charge in [-0.25, -0.2) is 9.97 Å². The van der Waals surface area contributed by atoms with Gasteiger partial charge in [0, 0.05) is 39.7 Å². The lowest BCUT2D eigenvalue weighted by atomic mass is 10.0. The number of hydrogen-bond acceptors (Lipinski definition) is 5. The molecule has 8 bridgehead atoms. The smallest absolute Gasteiger partial charge is 0.137 e. The maximum atomic E-state index is 6.24. The molecule has 0 fully saturated rings. The standard InChI is InChI=1S/C46H53N6O2/c1-6-51(5)27-10-29-53-39-19-11-33(12-20-39)45-41-23-15-35(47-41)31-37-17-25-43(49-37)46(44-26-18-38(50-44)32-36-16-24-42(45)48-36)34-13-21-40(22-14-34)54-30-28-52(7-2,8-3)9-4/h11-26,31-32,47,50H,6-10,27-30H2,1-5H3/q+1. The maximum Gasteiger partial charge on any atom is 0.137 e. The molecule has 2 N–H and O–H groups in total. The number of hydrogen-bond donors (Lipinski definition) is 2. The Morgan fingerprint density at radius 3 is 1.54 bits per heavy atom. The van der Waals surface area contributed by atoms with Crippen LogP contribution in [-0.2, 0) is 0 Å². The van der Waals surface area contributed by atoms with Crippen molar-refractivity contribution >= 4 is 46.4 Å². The molecule has 5 heterocycles. The molecule has 8 heteroatoms. The third-order valence-electron chi connectivity index (χ3n) is 11.0. The van der Waals surface area contributed by atoms with Crippen molar-refractivity contribution in [3.63, 3.8) is 0 Å². The molecule has 0 saturated carbocycles. The minimum absolute atomic E-state index is 0.690. The molecule has 3 aromatic heterocycles. The molecule has 0 saturated heterocycles. The molecule has 0 spiro atoms. The minimum Gasteiger partial charge on any atom is -0.494 e. The number of aromatic nitrogens is 4. The van der Waals surface area contributed by atoms with Crippen molar-refractivity contribution in [2.75, 3.05) is 59.5 Å². The lowest BCUT2D eigenvalue weighted by Crippen LogP contribution is -2.49. The average Bonchev–Trinajstić information content (AvgIpc) is 4.04. The molecule has 0 unspecified atom stereocenters. The van der Waals surface area contributed by atoms with Gasteiger partial charge in [-0.2, -0.15) is 0 Å². The monoisotopic (exact) mass is 721 g/mol. The van der Waals surface area contributed by atoms with E-state index in [4.69, 9.17) is 19.4 Å². The summed E-state index contributed by atoms with van der Waals surface area (Å²) in [6, 6.07) is 29.4. The van der Waals surface area contributed by atoms with Crippen LogP contribution in [0.3, 0.4) is 0 Å². The number of ether oxygens (including phenoxy) is 2. The zero-order valence-corrected chi connectivity index (χ0v) is 32.4. The third kappa shape index (κ3) is 8.35. The molecule has 8 nitrogen and oxygen atoms in total. The number of quaternary nitrogens is 1. The van der Waals surface area contributed by atoms with Gasteiger partial charge in [0.1, 0.15) is 24.7 Å². The number of H-pyrrole nitrogens is 2. The highest BCUT2D eigenvalue weighted by atomic mass is 16.5. The number of aromatic amines is 2. The quantitative estimate of drug-likeness (QED) is 0.0814. The van der Waals surface area contributed by atoms with E-state index in [0.29, 0.717) is 13.2 Å². The second kappa shape index (κ2) is 16.7. The molecule has 278 valence electrons. The number of likely N-dealkylation sites (N-methyl/N-ethyl adjacent to an activating group) is 1. The lowest BCUT2D eigenvalue weighted by molar-refractivity contribution is -0.923. The van der Waals surface area contributed by atoms with Crippen LogP contribution < -0.4 is 9.47 Å². The molecule has 0 aliphatic carbocycles. The number of fused-ring (bicyclic) bond motifs is 8. The normalized spacial score (nSPS) is 12.5. The van der Waals surface area contributed by atoms with E-state index in [1.54, 1.807) is 0 Å². The minimum atomic E-state index is 0.690. The second-order valence-corrected chi connectivity index (χ2v) is 14.2. The SMILES string of the molecule is CCN(C)CCCOc1ccc(-c2c3nc(cc4ccc([nH]4)c(-c4ccc(OCC[N+](CC)(CC)CC)cc4)c4nc(cc5ccc2[nH]5)C=C4)C=C3)cc1. The topological polar surface area (TPSA) is 79.1 Å². The molecular formula is C46H53N6O2+. The first-order valence-corrected chi connectivity index (χ1v) is 19.5. The van der Waals surface area contributed by atoms with Crippen molar-refractivity contribution in [2.45, 2.75) is 34.1 Å². The van der Waals surface area contributed by atoms with Crippen molar-refractivity contribution in [3.05, 3.63) is 108 Å². The Bertz CT molecular complexity index is 2270. The molecule has 0 amide bonds. The highest BCUT2D eigenvalue weighted by Crippen LogP contribution is 2.33. The van der Waals surface area contributed by atoms with Crippen LogP contribution in [0.25, 0.3) is 68.6 Å². The second-order valence-electron chi connectivity index (χ2n) is 14.2. The van der Waals surface area contributed by atoms with Gasteiger partial charge in [0.2, 0.25) is 0 Å². The predicted octanol–water partition coefficient (Wildman–Crippen LogP) is 9.97. The molecule has 2 aromatic carbocycles. The van der Waals surface area contributed by atoms with Crippen LogP contribution in [0.2, 0.25) is 0 Å². The van der Waals surface area contributed by atoms with Crippen molar-refractivity contribution in [1.82, 2.24) is 24.8 Å². The van der Waals surface area contributed by atoms with Crippen LogP contribution in [-0.4, -0.2) is 88.8 Å². The number of rotatable bonds is 15. The van der Waals surface area contributed by atoms with E-state index < -0.39 is 0 Å². The summed E-state index contributed by atoms with van der Waals surface area (Å²) < 4.78 is 13.4. The molecule has 5 aromatic rings. The van der Waals surface area contributed by atoms with Gasteiger partial charge >= 0.3 is 0 Å². The fourth-order valence-corrected chi connectivity index (χ4v) is 7.30. The molecule has 0 atom stereocenters. The van der Waals surface area contributed by atoms with Gasteiger partial charge in [0.25, 0.3) is 0 Å². The van der Waals surface area contributed by atoms with Gasteiger partial charge < -0.3 is 28.8 Å².